The number of ether oxygens (including phenoxy) is 1. The van der Waals surface area contributed by atoms with Gasteiger partial charge in [-0.3, -0.25) is 0 Å². The van der Waals surface area contributed by atoms with Crippen molar-refractivity contribution in [2.45, 2.75) is 12.8 Å². The van der Waals surface area contributed by atoms with Crippen LogP contribution in [0.3, 0.4) is 0 Å². The number of aromatic carboxylic acids is 1. The lowest BCUT2D eigenvalue weighted by Gasteiger charge is -2.17. The maximum absolute atomic E-state index is 11.8. The normalized spacial score (nSPS) is 10.2. The van der Waals surface area contributed by atoms with E-state index in [0.717, 1.165) is 6.42 Å². The minimum absolute atomic E-state index is 0.168. The molecule has 0 aromatic heterocycles. The molecule has 0 saturated heterocycles. The summed E-state index contributed by atoms with van der Waals surface area (Å²) in [6.45, 7) is 1.63. The van der Waals surface area contributed by atoms with Gasteiger partial charge in [0.1, 0.15) is 0 Å². The van der Waals surface area contributed by atoms with Gasteiger partial charge in [-0.25, -0.2) is 9.59 Å². The van der Waals surface area contributed by atoms with E-state index in [-0.39, 0.29) is 11.6 Å². The lowest BCUT2D eigenvalue weighted by molar-refractivity contribution is 0.0695. The van der Waals surface area contributed by atoms with Gasteiger partial charge < -0.3 is 20.1 Å². The molecule has 1 aromatic carbocycles. The molecule has 0 fully saturated rings. The molecule has 0 heterocycles. The van der Waals surface area contributed by atoms with E-state index < -0.39 is 5.97 Å². The molecule has 2 amide bonds. The second-order valence-electron chi connectivity index (χ2n) is 4.71. The molecule has 116 valence electrons. The quantitative estimate of drug-likeness (QED) is 0.714. The first-order chi connectivity index (χ1) is 10.1. The first-order valence-corrected chi connectivity index (χ1v) is 6.85. The molecule has 0 aliphatic rings. The Labute approximate surface area is 124 Å². The van der Waals surface area contributed by atoms with Gasteiger partial charge in [-0.2, -0.15) is 0 Å². The number of hydrogen-bond acceptors (Lipinski definition) is 3. The standard InChI is InChI=1S/C15H22N2O4/c1-17(10-5-11-21-2)15(20)16-9-8-12-6-3-4-7-13(12)14(18)19/h3-4,6-7H,5,8-11H2,1-2H3,(H,16,20)(H,18,19). The van der Waals surface area contributed by atoms with Crippen LogP contribution in [0.5, 0.6) is 0 Å². The highest BCUT2D eigenvalue weighted by atomic mass is 16.5. The second-order valence-corrected chi connectivity index (χ2v) is 4.71. The Bertz CT molecular complexity index is 476. The Morgan fingerprint density at radius 2 is 2.05 bits per heavy atom. The van der Waals surface area contributed by atoms with E-state index in [1.807, 2.05) is 0 Å². The predicted octanol–water partition coefficient (Wildman–Crippen LogP) is 1.61. The van der Waals surface area contributed by atoms with Crippen molar-refractivity contribution in [1.29, 1.82) is 0 Å². The molecule has 0 radical (unpaired) electrons. The molecular formula is C15H22N2O4. The van der Waals surface area contributed by atoms with Crippen molar-refractivity contribution in [3.63, 3.8) is 0 Å². The largest absolute Gasteiger partial charge is 0.478 e. The number of rotatable bonds is 8. The summed E-state index contributed by atoms with van der Waals surface area (Å²) in [6.07, 6.45) is 1.27. The number of carboxylic acids is 1. The Balaban J connectivity index is 2.39. The van der Waals surface area contributed by atoms with Crippen LogP contribution in [-0.2, 0) is 11.2 Å². The molecule has 6 heteroatoms. The maximum Gasteiger partial charge on any atom is 0.335 e. The van der Waals surface area contributed by atoms with Crippen LogP contribution in [0.15, 0.2) is 24.3 Å². The average Bonchev–Trinajstić information content (AvgIpc) is 2.47. The van der Waals surface area contributed by atoms with Crippen LogP contribution in [-0.4, -0.2) is 55.9 Å². The summed E-state index contributed by atoms with van der Waals surface area (Å²) >= 11 is 0. The van der Waals surface area contributed by atoms with Gasteiger partial charge in [0.2, 0.25) is 0 Å². The van der Waals surface area contributed by atoms with E-state index >= 15 is 0 Å². The SMILES string of the molecule is COCCCN(C)C(=O)NCCc1ccccc1C(=O)O. The van der Waals surface area contributed by atoms with E-state index in [1.54, 1.807) is 43.3 Å². The summed E-state index contributed by atoms with van der Waals surface area (Å²) in [5.74, 6) is -0.950. The highest BCUT2D eigenvalue weighted by Crippen LogP contribution is 2.09. The second kappa shape index (κ2) is 8.97. The number of urea groups is 1. The van der Waals surface area contributed by atoms with Crippen molar-refractivity contribution in [2.24, 2.45) is 0 Å². The lowest BCUT2D eigenvalue weighted by atomic mass is 10.0. The molecule has 0 aliphatic carbocycles. The fourth-order valence-corrected chi connectivity index (χ4v) is 1.93. The van der Waals surface area contributed by atoms with Gasteiger partial charge in [0.15, 0.2) is 0 Å². The number of methoxy groups -OCH3 is 1. The van der Waals surface area contributed by atoms with Crippen LogP contribution in [0.25, 0.3) is 0 Å². The van der Waals surface area contributed by atoms with Crippen LogP contribution >= 0.6 is 0 Å². The van der Waals surface area contributed by atoms with Gasteiger partial charge in [-0.05, 0) is 24.5 Å². The number of nitrogens with one attached hydrogen (secondary N) is 1. The minimum Gasteiger partial charge on any atom is -0.478 e. The summed E-state index contributed by atoms with van der Waals surface area (Å²) in [4.78, 5) is 24.5. The number of amides is 2. The monoisotopic (exact) mass is 294 g/mol. The minimum atomic E-state index is -0.950. The Hall–Kier alpha value is -2.08. The average molecular weight is 294 g/mol. The van der Waals surface area contributed by atoms with Crippen LogP contribution in [0.1, 0.15) is 22.3 Å². The molecule has 1 aromatic rings. The summed E-state index contributed by atoms with van der Waals surface area (Å²) in [7, 11) is 3.34. The summed E-state index contributed by atoms with van der Waals surface area (Å²) in [6, 6.07) is 6.64. The molecule has 0 saturated carbocycles. The molecule has 0 bridgehead atoms. The fourth-order valence-electron chi connectivity index (χ4n) is 1.93. The van der Waals surface area contributed by atoms with Crippen LogP contribution in [0.2, 0.25) is 0 Å². The van der Waals surface area contributed by atoms with Crippen molar-refractivity contribution in [1.82, 2.24) is 10.2 Å². The molecule has 2 N–H and O–H groups in total. The maximum atomic E-state index is 11.8. The molecule has 0 aliphatic heterocycles. The smallest absolute Gasteiger partial charge is 0.335 e. The number of carbonyl (C=O) groups is 2. The van der Waals surface area contributed by atoms with Gasteiger partial charge in [0.25, 0.3) is 0 Å². The van der Waals surface area contributed by atoms with Gasteiger partial charge in [-0.1, -0.05) is 18.2 Å². The number of benzene rings is 1. The van der Waals surface area contributed by atoms with E-state index in [4.69, 9.17) is 9.84 Å². The van der Waals surface area contributed by atoms with Crippen molar-refractivity contribution in [2.75, 3.05) is 33.9 Å². The molecule has 6 nitrogen and oxygen atoms in total. The number of hydrogen-bond donors (Lipinski definition) is 2. The number of carbonyl (C=O) groups excluding carboxylic acids is 1. The summed E-state index contributed by atoms with van der Waals surface area (Å²) < 4.78 is 4.93. The summed E-state index contributed by atoms with van der Waals surface area (Å²) in [5.41, 5.74) is 0.993. The van der Waals surface area contributed by atoms with Crippen LogP contribution < -0.4 is 5.32 Å². The molecule has 0 spiro atoms. The molecule has 0 atom stereocenters. The molecule has 21 heavy (non-hydrogen) atoms. The Morgan fingerprint density at radius 1 is 1.33 bits per heavy atom. The first-order valence-electron chi connectivity index (χ1n) is 6.85. The summed E-state index contributed by atoms with van der Waals surface area (Å²) in [5, 5.41) is 11.9. The zero-order valence-corrected chi connectivity index (χ0v) is 12.5. The van der Waals surface area contributed by atoms with Crippen molar-refractivity contribution in [3.8, 4) is 0 Å². The van der Waals surface area contributed by atoms with E-state index in [1.165, 1.54) is 0 Å². The Morgan fingerprint density at radius 3 is 2.71 bits per heavy atom. The Kier molecular flexibility index (Phi) is 7.25. The third-order valence-corrected chi connectivity index (χ3v) is 3.11. The van der Waals surface area contributed by atoms with Crippen molar-refractivity contribution < 1.29 is 19.4 Å². The van der Waals surface area contributed by atoms with E-state index in [2.05, 4.69) is 5.32 Å². The topological polar surface area (TPSA) is 78.9 Å². The molecular weight excluding hydrogens is 272 g/mol. The highest BCUT2D eigenvalue weighted by molar-refractivity contribution is 5.89. The third-order valence-electron chi connectivity index (χ3n) is 3.11. The van der Waals surface area contributed by atoms with Crippen LogP contribution in [0, 0.1) is 0 Å². The highest BCUT2D eigenvalue weighted by Gasteiger charge is 2.10. The lowest BCUT2D eigenvalue weighted by Crippen LogP contribution is -2.39. The predicted molar refractivity (Wildman–Crippen MR) is 79.6 cm³/mol. The van der Waals surface area contributed by atoms with Crippen molar-refractivity contribution in [3.05, 3.63) is 35.4 Å². The number of nitrogens with zero attached hydrogens (tertiary/aromatic N) is 1. The zero-order valence-electron chi connectivity index (χ0n) is 12.5. The van der Waals surface area contributed by atoms with Crippen molar-refractivity contribution >= 4 is 12.0 Å². The first kappa shape index (κ1) is 17.0. The van der Waals surface area contributed by atoms with Gasteiger partial charge >= 0.3 is 12.0 Å². The van der Waals surface area contributed by atoms with Crippen LogP contribution in [0.4, 0.5) is 4.79 Å². The van der Waals surface area contributed by atoms with Gasteiger partial charge in [0, 0.05) is 33.9 Å². The van der Waals surface area contributed by atoms with E-state index in [0.29, 0.717) is 31.7 Å². The molecule has 1 rings (SSSR count). The van der Waals surface area contributed by atoms with Gasteiger partial charge in [0.05, 0.1) is 5.56 Å². The zero-order chi connectivity index (χ0) is 15.7. The third kappa shape index (κ3) is 5.83. The fraction of sp³-hybridized carbons (Fsp3) is 0.467. The van der Waals surface area contributed by atoms with E-state index in [9.17, 15) is 9.59 Å². The molecule has 0 unspecified atom stereocenters. The van der Waals surface area contributed by atoms with Gasteiger partial charge in [-0.15, -0.1) is 0 Å². The number of carboxylic acid groups (broad SMARTS) is 1.